The van der Waals surface area contributed by atoms with Crippen molar-refractivity contribution in [2.75, 3.05) is 0 Å². The van der Waals surface area contributed by atoms with Gasteiger partial charge in [0, 0.05) is 12.3 Å². The lowest BCUT2D eigenvalue weighted by atomic mass is 10.2. The highest BCUT2D eigenvalue weighted by Gasteiger charge is 2.19. The molecule has 3 aromatic heterocycles. The van der Waals surface area contributed by atoms with Crippen LogP contribution in [0.3, 0.4) is 0 Å². The maximum Gasteiger partial charge on any atom is 0.280 e. The second-order valence-electron chi connectivity index (χ2n) is 6.74. The first-order valence-electron chi connectivity index (χ1n) is 9.25. The molecule has 0 saturated carbocycles. The van der Waals surface area contributed by atoms with Gasteiger partial charge in [-0.25, -0.2) is 4.98 Å². The molecular weight excluding hydrogens is 372 g/mol. The Kier molecular flexibility index (Phi) is 5.09. The summed E-state index contributed by atoms with van der Waals surface area (Å²) < 4.78 is 8.90. The van der Waals surface area contributed by atoms with Crippen LogP contribution in [0.15, 0.2) is 57.0 Å². The molecule has 1 aromatic carbocycles. The van der Waals surface area contributed by atoms with Crippen molar-refractivity contribution in [2.45, 2.75) is 44.8 Å². The van der Waals surface area contributed by atoms with E-state index in [1.165, 1.54) is 11.1 Å². The molecule has 0 saturated heterocycles. The molecule has 0 spiro atoms. The molecule has 3 heterocycles. The van der Waals surface area contributed by atoms with E-state index >= 15 is 0 Å². The number of aromatic nitrogens is 4. The number of fused-ring (bicyclic) bond motifs is 1. The minimum absolute atomic E-state index is 0.0874. The SMILES string of the molecule is CCn1nc(C)c2nc(SCc3cccc(C)c3)n(Cc3ccco3)c(=O)c21. The van der Waals surface area contributed by atoms with Crippen LogP contribution in [-0.2, 0) is 18.8 Å². The molecule has 0 N–H and O–H groups in total. The Hall–Kier alpha value is -2.80. The molecule has 4 aromatic rings. The van der Waals surface area contributed by atoms with E-state index in [-0.39, 0.29) is 5.56 Å². The fraction of sp³-hybridized carbons (Fsp3) is 0.286. The summed E-state index contributed by atoms with van der Waals surface area (Å²) in [6, 6.07) is 12.1. The number of hydrogen-bond donors (Lipinski definition) is 0. The van der Waals surface area contributed by atoms with Gasteiger partial charge in [0.05, 0.1) is 18.5 Å². The highest BCUT2D eigenvalue weighted by atomic mass is 32.2. The molecule has 0 aliphatic carbocycles. The van der Waals surface area contributed by atoms with Gasteiger partial charge in [-0.1, -0.05) is 41.6 Å². The third kappa shape index (κ3) is 3.49. The average Bonchev–Trinajstić information content (AvgIpc) is 3.30. The average molecular weight is 395 g/mol. The maximum absolute atomic E-state index is 13.3. The Morgan fingerprint density at radius 2 is 2.04 bits per heavy atom. The Labute approximate surface area is 167 Å². The van der Waals surface area contributed by atoms with Gasteiger partial charge in [-0.15, -0.1) is 0 Å². The molecule has 6 nitrogen and oxygen atoms in total. The van der Waals surface area contributed by atoms with Crippen molar-refractivity contribution >= 4 is 22.8 Å². The summed E-state index contributed by atoms with van der Waals surface area (Å²) in [6.07, 6.45) is 1.62. The van der Waals surface area contributed by atoms with Gasteiger partial charge in [0.2, 0.25) is 0 Å². The van der Waals surface area contributed by atoms with Gasteiger partial charge in [-0.05, 0) is 38.5 Å². The Morgan fingerprint density at radius 1 is 1.18 bits per heavy atom. The molecule has 144 valence electrons. The van der Waals surface area contributed by atoms with Crippen molar-refractivity contribution in [1.82, 2.24) is 19.3 Å². The lowest BCUT2D eigenvalue weighted by molar-refractivity contribution is 0.476. The number of aryl methyl sites for hydroxylation is 3. The van der Waals surface area contributed by atoms with Gasteiger partial charge < -0.3 is 4.42 Å². The maximum atomic E-state index is 13.3. The second kappa shape index (κ2) is 7.67. The predicted octanol–water partition coefficient (Wildman–Crippen LogP) is 4.16. The van der Waals surface area contributed by atoms with Crippen LogP contribution in [-0.4, -0.2) is 19.3 Å². The third-order valence-corrected chi connectivity index (χ3v) is 5.67. The first-order valence-corrected chi connectivity index (χ1v) is 10.2. The molecule has 0 aliphatic rings. The van der Waals surface area contributed by atoms with Crippen molar-refractivity contribution in [2.24, 2.45) is 0 Å². The van der Waals surface area contributed by atoms with Crippen molar-refractivity contribution < 1.29 is 4.42 Å². The summed E-state index contributed by atoms with van der Waals surface area (Å²) in [5.74, 6) is 1.46. The van der Waals surface area contributed by atoms with Crippen LogP contribution in [0.5, 0.6) is 0 Å². The van der Waals surface area contributed by atoms with E-state index in [9.17, 15) is 4.79 Å². The summed E-state index contributed by atoms with van der Waals surface area (Å²) in [5, 5.41) is 5.16. The zero-order valence-electron chi connectivity index (χ0n) is 16.2. The third-order valence-electron chi connectivity index (χ3n) is 4.63. The molecule has 0 radical (unpaired) electrons. The summed E-state index contributed by atoms with van der Waals surface area (Å²) in [4.78, 5) is 18.2. The van der Waals surface area contributed by atoms with Crippen LogP contribution >= 0.6 is 11.8 Å². The molecule has 0 fully saturated rings. The number of nitrogens with zero attached hydrogens (tertiary/aromatic N) is 4. The number of hydrogen-bond acceptors (Lipinski definition) is 5. The lowest BCUT2D eigenvalue weighted by Gasteiger charge is -2.12. The molecule has 0 amide bonds. The number of rotatable bonds is 6. The van der Waals surface area contributed by atoms with Gasteiger partial charge in [-0.3, -0.25) is 14.0 Å². The molecule has 28 heavy (non-hydrogen) atoms. The Morgan fingerprint density at radius 3 is 2.75 bits per heavy atom. The summed E-state index contributed by atoms with van der Waals surface area (Å²) in [5.41, 5.74) is 4.33. The normalized spacial score (nSPS) is 11.4. The quantitative estimate of drug-likeness (QED) is 0.363. The smallest absolute Gasteiger partial charge is 0.280 e. The number of thioether (sulfide) groups is 1. The van der Waals surface area contributed by atoms with Crippen LogP contribution in [0, 0.1) is 13.8 Å². The molecule has 0 unspecified atom stereocenters. The van der Waals surface area contributed by atoms with Gasteiger partial charge in [0.25, 0.3) is 5.56 Å². The minimum Gasteiger partial charge on any atom is -0.467 e. The Balaban J connectivity index is 1.80. The standard InChI is InChI=1S/C21H22N4O2S/c1-4-25-19-18(15(3)23-25)22-21(28-13-16-8-5-7-14(2)11-16)24(20(19)26)12-17-9-6-10-27-17/h5-11H,4,12-13H2,1-3H3. The van der Waals surface area contributed by atoms with Gasteiger partial charge in [-0.2, -0.15) is 5.10 Å². The molecule has 7 heteroatoms. The first-order chi connectivity index (χ1) is 13.6. The highest BCUT2D eigenvalue weighted by molar-refractivity contribution is 7.98. The number of benzene rings is 1. The zero-order chi connectivity index (χ0) is 19.7. The number of furan rings is 1. The van der Waals surface area contributed by atoms with Crippen LogP contribution in [0.2, 0.25) is 0 Å². The van der Waals surface area contributed by atoms with Crippen molar-refractivity contribution in [3.8, 4) is 0 Å². The summed E-state index contributed by atoms with van der Waals surface area (Å²) in [6.45, 7) is 6.92. The summed E-state index contributed by atoms with van der Waals surface area (Å²) in [7, 11) is 0. The van der Waals surface area contributed by atoms with Gasteiger partial charge >= 0.3 is 0 Å². The predicted molar refractivity (Wildman–Crippen MR) is 111 cm³/mol. The van der Waals surface area contributed by atoms with Crippen LogP contribution in [0.4, 0.5) is 0 Å². The summed E-state index contributed by atoms with van der Waals surface area (Å²) >= 11 is 1.56. The molecular formula is C21H22N4O2S. The fourth-order valence-corrected chi connectivity index (χ4v) is 4.21. The highest BCUT2D eigenvalue weighted by Crippen LogP contribution is 2.24. The van der Waals surface area contributed by atoms with Crippen molar-refractivity contribution in [3.63, 3.8) is 0 Å². The van der Waals surface area contributed by atoms with E-state index in [0.717, 1.165) is 17.2 Å². The van der Waals surface area contributed by atoms with Crippen LogP contribution in [0.25, 0.3) is 11.0 Å². The fourth-order valence-electron chi connectivity index (χ4n) is 3.27. The van der Waals surface area contributed by atoms with E-state index in [1.54, 1.807) is 27.3 Å². The van der Waals surface area contributed by atoms with Gasteiger partial charge in [0.1, 0.15) is 11.3 Å². The van der Waals surface area contributed by atoms with E-state index in [1.807, 2.05) is 32.0 Å². The Bertz CT molecular complexity index is 1180. The second-order valence-corrected chi connectivity index (χ2v) is 7.68. The first kappa shape index (κ1) is 18.6. The van der Waals surface area contributed by atoms with E-state index < -0.39 is 0 Å². The topological polar surface area (TPSA) is 65.8 Å². The lowest BCUT2D eigenvalue weighted by Crippen LogP contribution is -2.25. The molecule has 0 atom stereocenters. The zero-order valence-corrected chi connectivity index (χ0v) is 17.0. The van der Waals surface area contributed by atoms with Crippen LogP contribution in [0.1, 0.15) is 29.5 Å². The molecule has 0 aliphatic heterocycles. The van der Waals surface area contributed by atoms with Crippen LogP contribution < -0.4 is 5.56 Å². The van der Waals surface area contributed by atoms with E-state index in [2.05, 4.69) is 30.2 Å². The van der Waals surface area contributed by atoms with E-state index in [0.29, 0.717) is 29.3 Å². The van der Waals surface area contributed by atoms with E-state index in [4.69, 9.17) is 9.40 Å². The minimum atomic E-state index is -0.0874. The molecule has 0 bridgehead atoms. The van der Waals surface area contributed by atoms with Gasteiger partial charge in [0.15, 0.2) is 10.7 Å². The largest absolute Gasteiger partial charge is 0.467 e. The monoisotopic (exact) mass is 394 g/mol. The van der Waals surface area contributed by atoms with Crippen molar-refractivity contribution in [1.29, 1.82) is 0 Å². The van der Waals surface area contributed by atoms with Crippen molar-refractivity contribution in [3.05, 3.63) is 75.6 Å². The molecule has 4 rings (SSSR count).